The van der Waals surface area contributed by atoms with Crippen molar-refractivity contribution in [3.05, 3.63) is 0 Å². The minimum Gasteiger partial charge on any atom is -0.329 e. The maximum atomic E-state index is 6.56. The van der Waals surface area contributed by atoms with Gasteiger partial charge in [-0.15, -0.1) is 0 Å². The summed E-state index contributed by atoms with van der Waals surface area (Å²) in [4.78, 5) is 19.5. The van der Waals surface area contributed by atoms with E-state index in [0.717, 1.165) is 157 Å². The van der Waals surface area contributed by atoms with Crippen molar-refractivity contribution in [1.82, 2.24) is 39.2 Å². The Bertz CT molecular complexity index is 688. The Kier molecular flexibility index (Phi) is 20.0. The highest BCUT2D eigenvalue weighted by molar-refractivity contribution is 4.75. The Morgan fingerprint density at radius 1 is 0.286 bits per heavy atom. The zero-order chi connectivity index (χ0) is 34.6. The largest absolute Gasteiger partial charge is 0.412 e. The fraction of sp³-hybridized carbons (Fsp3) is 1.00. The average molecular weight is 701 g/mol. The van der Waals surface area contributed by atoms with Crippen molar-refractivity contribution < 1.29 is 18.9 Å². The summed E-state index contributed by atoms with van der Waals surface area (Å²) in [5.74, 6) is 0. The highest BCUT2D eigenvalue weighted by atomic mass is 17.0. The highest BCUT2D eigenvalue weighted by Crippen LogP contribution is 2.20. The lowest BCUT2D eigenvalue weighted by Gasteiger charge is -2.39. The van der Waals surface area contributed by atoms with Crippen molar-refractivity contribution in [2.75, 3.05) is 210 Å². The molecule has 49 heavy (non-hydrogen) atoms. The number of rotatable bonds is 24. The van der Waals surface area contributed by atoms with Gasteiger partial charge in [-0.05, 0) is 0 Å². The van der Waals surface area contributed by atoms with E-state index in [1.165, 1.54) is 0 Å². The first kappa shape index (κ1) is 41.1. The quantitative estimate of drug-likeness (QED) is 0.0719. The number of piperazine rings is 4. The summed E-state index contributed by atoms with van der Waals surface area (Å²) in [6.45, 7) is 27.9. The summed E-state index contributed by atoms with van der Waals surface area (Å²) in [5, 5.41) is 0. The van der Waals surface area contributed by atoms with Crippen LogP contribution in [0.2, 0.25) is 0 Å². The third-order valence-corrected chi connectivity index (χ3v) is 10.4. The van der Waals surface area contributed by atoms with Gasteiger partial charge in [0.25, 0.3) is 0 Å². The van der Waals surface area contributed by atoms with Crippen molar-refractivity contribution in [2.45, 2.75) is 6.16 Å². The Balaban J connectivity index is 1.34. The van der Waals surface area contributed by atoms with Crippen LogP contribution in [0.1, 0.15) is 0 Å². The van der Waals surface area contributed by atoms with Crippen LogP contribution < -0.4 is 22.9 Å². The molecule has 16 nitrogen and oxygen atoms in total. The summed E-state index contributed by atoms with van der Waals surface area (Å²) in [5.41, 5.74) is 23.2. The Morgan fingerprint density at radius 2 is 0.449 bits per heavy atom. The molecule has 4 rings (SSSR count). The number of hydrogen-bond donors (Lipinski definition) is 4. The molecule has 0 aliphatic carbocycles. The van der Waals surface area contributed by atoms with E-state index in [1.807, 2.05) is 0 Å². The molecule has 8 N–H and O–H groups in total. The topological polar surface area (TPSA) is 167 Å². The van der Waals surface area contributed by atoms with E-state index in [1.54, 1.807) is 0 Å². The van der Waals surface area contributed by atoms with Crippen molar-refractivity contribution >= 4 is 0 Å². The second-order valence-corrected chi connectivity index (χ2v) is 13.8. The fourth-order valence-electron chi connectivity index (χ4n) is 7.13. The van der Waals surface area contributed by atoms with E-state index in [2.05, 4.69) is 39.2 Å². The summed E-state index contributed by atoms with van der Waals surface area (Å²) < 4.78 is 26.2. The van der Waals surface area contributed by atoms with Crippen LogP contribution in [0.3, 0.4) is 0 Å². The average Bonchev–Trinajstić information content (AvgIpc) is 3.12. The van der Waals surface area contributed by atoms with Crippen LogP contribution in [0.25, 0.3) is 0 Å². The Morgan fingerprint density at radius 3 is 0.612 bits per heavy atom. The summed E-state index contributed by atoms with van der Waals surface area (Å²) in [7, 11) is 0. The lowest BCUT2D eigenvalue weighted by Crippen LogP contribution is -2.52. The van der Waals surface area contributed by atoms with Gasteiger partial charge in [0.1, 0.15) is 0 Å². The van der Waals surface area contributed by atoms with Gasteiger partial charge in [-0.25, -0.2) is 0 Å². The van der Waals surface area contributed by atoms with Crippen LogP contribution in [-0.4, -0.2) is 255 Å². The van der Waals surface area contributed by atoms with Crippen LogP contribution >= 0.6 is 0 Å². The molecular weight excluding hydrogens is 628 g/mol. The first-order valence-electron chi connectivity index (χ1n) is 19.2. The third-order valence-electron chi connectivity index (χ3n) is 10.4. The molecule has 0 radical (unpaired) electrons. The molecule has 0 aromatic carbocycles. The number of hydrogen-bond acceptors (Lipinski definition) is 16. The molecule has 0 saturated carbocycles. The molecule has 0 bridgehead atoms. The molecule has 0 aromatic heterocycles. The molecule has 4 aliphatic heterocycles. The predicted octanol–water partition coefficient (Wildman–Crippen LogP) is -4.03. The van der Waals surface area contributed by atoms with Crippen molar-refractivity contribution in [3.8, 4) is 0 Å². The zero-order valence-corrected chi connectivity index (χ0v) is 30.6. The lowest BCUT2D eigenvalue weighted by atomic mass is 10.3. The van der Waals surface area contributed by atoms with Crippen LogP contribution in [0.4, 0.5) is 0 Å². The second kappa shape index (κ2) is 23.8. The molecule has 288 valence electrons. The Hall–Kier alpha value is -0.640. The van der Waals surface area contributed by atoms with E-state index in [9.17, 15) is 0 Å². The summed E-state index contributed by atoms with van der Waals surface area (Å²) in [6.07, 6.45) is -1.55. The molecule has 0 spiro atoms. The van der Waals surface area contributed by atoms with Gasteiger partial charge < -0.3 is 41.9 Å². The van der Waals surface area contributed by atoms with Crippen LogP contribution in [-0.2, 0) is 18.9 Å². The van der Waals surface area contributed by atoms with Gasteiger partial charge in [-0.3, -0.25) is 39.2 Å². The standard InChI is InChI=1S/C33H72N12O4/c34-1-5-38-9-17-42(18-10-38)25-29-46-33(47-30-26-43-19-11-39(6-2-35)12-20-43,48-31-27-44-21-13-40(7-3-36)14-22-44)49-32-28-45-23-15-41(8-4-37)16-24-45/h1-32,34-37H2. The van der Waals surface area contributed by atoms with Gasteiger partial charge >= 0.3 is 6.16 Å². The van der Waals surface area contributed by atoms with Crippen LogP contribution in [0.15, 0.2) is 0 Å². The molecule has 0 aromatic rings. The smallest absolute Gasteiger partial charge is 0.329 e. The molecule has 4 saturated heterocycles. The van der Waals surface area contributed by atoms with Gasteiger partial charge in [-0.1, -0.05) is 0 Å². The second-order valence-electron chi connectivity index (χ2n) is 13.8. The van der Waals surface area contributed by atoms with E-state index in [4.69, 9.17) is 41.9 Å². The lowest BCUT2D eigenvalue weighted by molar-refractivity contribution is -0.499. The van der Waals surface area contributed by atoms with Gasteiger partial charge in [0.05, 0.1) is 26.4 Å². The van der Waals surface area contributed by atoms with E-state index >= 15 is 0 Å². The van der Waals surface area contributed by atoms with Crippen LogP contribution in [0, 0.1) is 0 Å². The normalized spacial score (nSPS) is 22.8. The first-order chi connectivity index (χ1) is 24.0. The molecule has 0 atom stereocenters. The molecule has 4 fully saturated rings. The van der Waals surface area contributed by atoms with E-state index < -0.39 is 6.16 Å². The van der Waals surface area contributed by atoms with Gasteiger partial charge in [0, 0.05) is 183 Å². The maximum absolute atomic E-state index is 6.56. The molecule has 0 amide bonds. The molecule has 4 heterocycles. The predicted molar refractivity (Wildman–Crippen MR) is 194 cm³/mol. The molecule has 0 unspecified atom stereocenters. The molecule has 4 aliphatic rings. The minimum absolute atomic E-state index is 0.462. The third kappa shape index (κ3) is 15.5. The Labute approximate surface area is 296 Å². The molecule has 16 heteroatoms. The van der Waals surface area contributed by atoms with Crippen molar-refractivity contribution in [2.24, 2.45) is 22.9 Å². The SMILES string of the molecule is NCCN1CCN(CCOC(OCCN2CCN(CCN)CC2)(OCCN2CCN(CCN)CC2)OCCN2CCN(CCN)CC2)CC1. The van der Waals surface area contributed by atoms with Gasteiger partial charge in [0.15, 0.2) is 0 Å². The van der Waals surface area contributed by atoms with Crippen molar-refractivity contribution in [1.29, 1.82) is 0 Å². The fourth-order valence-corrected chi connectivity index (χ4v) is 7.13. The minimum atomic E-state index is -1.55. The highest BCUT2D eigenvalue weighted by Gasteiger charge is 2.37. The molecular formula is C33H72N12O4. The monoisotopic (exact) mass is 701 g/mol. The van der Waals surface area contributed by atoms with Crippen molar-refractivity contribution in [3.63, 3.8) is 0 Å². The first-order valence-corrected chi connectivity index (χ1v) is 19.2. The number of nitrogens with two attached hydrogens (primary N) is 4. The van der Waals surface area contributed by atoms with E-state index in [0.29, 0.717) is 52.6 Å². The number of nitrogens with zero attached hydrogens (tertiary/aromatic N) is 8. The van der Waals surface area contributed by atoms with Crippen LogP contribution in [0.5, 0.6) is 0 Å². The van der Waals surface area contributed by atoms with Gasteiger partial charge in [0.2, 0.25) is 0 Å². The zero-order valence-electron chi connectivity index (χ0n) is 30.6. The number of ether oxygens (including phenoxy) is 4. The van der Waals surface area contributed by atoms with Gasteiger partial charge in [-0.2, -0.15) is 0 Å². The summed E-state index contributed by atoms with van der Waals surface area (Å²) in [6, 6.07) is 0. The maximum Gasteiger partial charge on any atom is 0.412 e. The van der Waals surface area contributed by atoms with E-state index in [-0.39, 0.29) is 0 Å². The summed E-state index contributed by atoms with van der Waals surface area (Å²) >= 11 is 0.